The largest absolute Gasteiger partial charge is 0.496 e. The van der Waals surface area contributed by atoms with Gasteiger partial charge in [0.05, 0.1) is 20.1 Å². The van der Waals surface area contributed by atoms with Crippen LogP contribution in [0.2, 0.25) is 0 Å². The topological polar surface area (TPSA) is 55.8 Å². The van der Waals surface area contributed by atoms with Crippen LogP contribution in [0.15, 0.2) is 53.2 Å². The molecule has 2 aromatic carbocycles. The Morgan fingerprint density at radius 1 is 1.04 bits per heavy atom. The maximum absolute atomic E-state index is 13.4. The zero-order chi connectivity index (χ0) is 19.7. The number of ether oxygens (including phenoxy) is 2. The van der Waals surface area contributed by atoms with Crippen molar-refractivity contribution in [3.63, 3.8) is 0 Å². The molecule has 0 aliphatic carbocycles. The number of esters is 1. The lowest BCUT2D eigenvalue weighted by Gasteiger charge is -2.18. The molecule has 1 aliphatic heterocycles. The standard InChI is InChI=1S/C22H21NO4S/c1-26-20-8-7-17(15-5-3-4-6-16(15)20)21(24)23-11-18(14-9-10-28-13-14)19(12-23)22(25)27-2/h3-10,13,18-19H,11-12H2,1-2H3/t18-,19-/m1/s1. The summed E-state index contributed by atoms with van der Waals surface area (Å²) in [5.41, 5.74) is 1.70. The van der Waals surface area contributed by atoms with Crippen molar-refractivity contribution in [2.24, 2.45) is 5.92 Å². The minimum absolute atomic E-state index is 0.0489. The third kappa shape index (κ3) is 3.14. The highest BCUT2D eigenvalue weighted by molar-refractivity contribution is 7.08. The first-order valence-electron chi connectivity index (χ1n) is 9.09. The van der Waals surface area contributed by atoms with Crippen LogP contribution in [-0.4, -0.2) is 44.1 Å². The molecule has 6 heteroatoms. The lowest BCUT2D eigenvalue weighted by Crippen LogP contribution is -2.30. The van der Waals surface area contributed by atoms with E-state index in [2.05, 4.69) is 0 Å². The summed E-state index contributed by atoms with van der Waals surface area (Å²) in [6.07, 6.45) is 0. The van der Waals surface area contributed by atoms with Gasteiger partial charge in [0, 0.05) is 30.0 Å². The van der Waals surface area contributed by atoms with Crippen LogP contribution in [0.25, 0.3) is 10.8 Å². The van der Waals surface area contributed by atoms with Crippen LogP contribution >= 0.6 is 11.3 Å². The molecule has 0 unspecified atom stereocenters. The number of fused-ring (bicyclic) bond motifs is 1. The molecule has 144 valence electrons. The van der Waals surface area contributed by atoms with Crippen molar-refractivity contribution >= 4 is 34.0 Å². The lowest BCUT2D eigenvalue weighted by molar-refractivity contribution is -0.145. The lowest BCUT2D eigenvalue weighted by atomic mass is 9.91. The van der Waals surface area contributed by atoms with E-state index < -0.39 is 0 Å². The van der Waals surface area contributed by atoms with Gasteiger partial charge in [-0.25, -0.2) is 0 Å². The number of benzene rings is 2. The first-order valence-corrected chi connectivity index (χ1v) is 10.0. The van der Waals surface area contributed by atoms with E-state index in [9.17, 15) is 9.59 Å². The fraction of sp³-hybridized carbons (Fsp3) is 0.273. The Morgan fingerprint density at radius 2 is 1.82 bits per heavy atom. The summed E-state index contributed by atoms with van der Waals surface area (Å²) < 4.78 is 10.4. The molecule has 4 rings (SSSR count). The van der Waals surface area contributed by atoms with Crippen molar-refractivity contribution in [2.45, 2.75) is 5.92 Å². The Labute approximate surface area is 167 Å². The van der Waals surface area contributed by atoms with Gasteiger partial charge in [-0.15, -0.1) is 0 Å². The molecule has 0 saturated carbocycles. The van der Waals surface area contributed by atoms with Crippen LogP contribution in [0.3, 0.4) is 0 Å². The number of nitrogens with zero attached hydrogens (tertiary/aromatic N) is 1. The summed E-state index contributed by atoms with van der Waals surface area (Å²) in [5.74, 6) is -0.0195. The van der Waals surface area contributed by atoms with Gasteiger partial charge < -0.3 is 14.4 Å². The smallest absolute Gasteiger partial charge is 0.311 e. The Morgan fingerprint density at radius 3 is 2.50 bits per heavy atom. The molecule has 28 heavy (non-hydrogen) atoms. The third-order valence-corrected chi connectivity index (χ3v) is 6.12. The molecule has 0 radical (unpaired) electrons. The summed E-state index contributed by atoms with van der Waals surface area (Å²) in [7, 11) is 3.02. The van der Waals surface area contributed by atoms with Crippen molar-refractivity contribution < 1.29 is 19.1 Å². The van der Waals surface area contributed by atoms with Crippen LogP contribution in [0.5, 0.6) is 5.75 Å². The Bertz CT molecular complexity index is 1010. The molecular formula is C22H21NO4S. The van der Waals surface area contributed by atoms with Gasteiger partial charge in [-0.05, 0) is 39.9 Å². The van der Waals surface area contributed by atoms with Gasteiger partial charge >= 0.3 is 5.97 Å². The number of carbonyl (C=O) groups is 2. The predicted octanol–water partition coefficient (Wildman–Crippen LogP) is 3.94. The number of rotatable bonds is 4. The van der Waals surface area contributed by atoms with E-state index in [0.717, 1.165) is 22.1 Å². The van der Waals surface area contributed by atoms with Crippen LogP contribution in [0.4, 0.5) is 0 Å². The average molecular weight is 395 g/mol. The number of hydrogen-bond donors (Lipinski definition) is 0. The summed E-state index contributed by atoms with van der Waals surface area (Å²) >= 11 is 1.59. The third-order valence-electron chi connectivity index (χ3n) is 5.42. The van der Waals surface area contributed by atoms with E-state index in [1.165, 1.54) is 7.11 Å². The molecule has 1 fully saturated rings. The monoisotopic (exact) mass is 395 g/mol. The number of methoxy groups -OCH3 is 2. The number of thiophene rings is 1. The van der Waals surface area contributed by atoms with Crippen LogP contribution in [0, 0.1) is 5.92 Å². The number of likely N-dealkylation sites (tertiary alicyclic amines) is 1. The van der Waals surface area contributed by atoms with E-state index in [0.29, 0.717) is 18.7 Å². The number of hydrogen-bond acceptors (Lipinski definition) is 5. The maximum atomic E-state index is 13.4. The SMILES string of the molecule is COC(=O)[C@@H]1CN(C(=O)c2ccc(OC)c3ccccc23)C[C@@H]1c1ccsc1. The zero-order valence-electron chi connectivity index (χ0n) is 15.8. The minimum Gasteiger partial charge on any atom is -0.496 e. The summed E-state index contributed by atoms with van der Waals surface area (Å²) in [6.45, 7) is 0.849. The fourth-order valence-corrected chi connectivity index (χ4v) is 4.71. The molecule has 1 aliphatic rings. The summed E-state index contributed by atoms with van der Waals surface area (Å²) in [5, 5.41) is 5.78. The van der Waals surface area contributed by atoms with E-state index in [1.807, 2.05) is 47.2 Å². The van der Waals surface area contributed by atoms with Gasteiger partial charge in [-0.2, -0.15) is 11.3 Å². The molecule has 1 amide bonds. The van der Waals surface area contributed by atoms with E-state index in [4.69, 9.17) is 9.47 Å². The fourth-order valence-electron chi connectivity index (χ4n) is 3.99. The first-order chi connectivity index (χ1) is 13.6. The maximum Gasteiger partial charge on any atom is 0.311 e. The normalized spacial score (nSPS) is 19.0. The quantitative estimate of drug-likeness (QED) is 0.628. The molecule has 2 atom stereocenters. The minimum atomic E-state index is -0.354. The highest BCUT2D eigenvalue weighted by Gasteiger charge is 2.41. The van der Waals surface area contributed by atoms with Gasteiger partial charge in [0.1, 0.15) is 5.75 Å². The molecule has 3 aromatic rings. The molecule has 2 heterocycles. The molecule has 0 N–H and O–H groups in total. The van der Waals surface area contributed by atoms with E-state index in [-0.39, 0.29) is 23.7 Å². The highest BCUT2D eigenvalue weighted by atomic mass is 32.1. The molecule has 1 aromatic heterocycles. The molecule has 1 saturated heterocycles. The second-order valence-electron chi connectivity index (χ2n) is 6.86. The van der Waals surface area contributed by atoms with Crippen molar-refractivity contribution in [2.75, 3.05) is 27.3 Å². The van der Waals surface area contributed by atoms with E-state index in [1.54, 1.807) is 29.4 Å². The molecular weight excluding hydrogens is 374 g/mol. The van der Waals surface area contributed by atoms with Crippen LogP contribution < -0.4 is 4.74 Å². The van der Waals surface area contributed by atoms with Crippen molar-refractivity contribution in [3.05, 3.63) is 64.4 Å². The molecule has 5 nitrogen and oxygen atoms in total. The second kappa shape index (κ2) is 7.64. The first kappa shape index (κ1) is 18.5. The van der Waals surface area contributed by atoms with Crippen molar-refractivity contribution in [1.82, 2.24) is 4.90 Å². The Balaban J connectivity index is 1.69. The Hall–Kier alpha value is -2.86. The van der Waals surface area contributed by atoms with Gasteiger partial charge in [0.25, 0.3) is 5.91 Å². The Kier molecular flexibility index (Phi) is 5.05. The number of carbonyl (C=O) groups excluding carboxylic acids is 2. The molecule has 0 bridgehead atoms. The van der Waals surface area contributed by atoms with Crippen molar-refractivity contribution in [3.8, 4) is 5.75 Å². The van der Waals surface area contributed by atoms with Gasteiger partial charge in [0.15, 0.2) is 0 Å². The second-order valence-corrected chi connectivity index (χ2v) is 7.64. The molecule has 0 spiro atoms. The van der Waals surface area contributed by atoms with Gasteiger partial charge in [-0.3, -0.25) is 9.59 Å². The van der Waals surface area contributed by atoms with Gasteiger partial charge in [0.2, 0.25) is 0 Å². The van der Waals surface area contributed by atoms with Gasteiger partial charge in [-0.1, -0.05) is 24.3 Å². The van der Waals surface area contributed by atoms with E-state index >= 15 is 0 Å². The summed E-state index contributed by atoms with van der Waals surface area (Å²) in [6, 6.07) is 13.3. The summed E-state index contributed by atoms with van der Waals surface area (Å²) in [4.78, 5) is 27.5. The van der Waals surface area contributed by atoms with Crippen LogP contribution in [0.1, 0.15) is 21.8 Å². The number of amides is 1. The van der Waals surface area contributed by atoms with Crippen molar-refractivity contribution in [1.29, 1.82) is 0 Å². The predicted molar refractivity (Wildman–Crippen MR) is 109 cm³/mol. The highest BCUT2D eigenvalue weighted by Crippen LogP contribution is 2.36. The zero-order valence-corrected chi connectivity index (χ0v) is 16.6. The van der Waals surface area contributed by atoms with Crippen LogP contribution in [-0.2, 0) is 9.53 Å². The average Bonchev–Trinajstić information content (AvgIpc) is 3.41.